The van der Waals surface area contributed by atoms with Crippen molar-refractivity contribution in [2.45, 2.75) is 39.7 Å². The number of nitriles is 2. The summed E-state index contributed by atoms with van der Waals surface area (Å²) in [5.41, 5.74) is -0.207. The molecule has 0 amide bonds. The second-order valence-electron chi connectivity index (χ2n) is 6.11. The molecule has 0 N–H and O–H groups in total. The number of allylic oxidation sites excluding steroid dienone is 3. The van der Waals surface area contributed by atoms with Crippen LogP contribution in [0.15, 0.2) is 23.5 Å². The van der Waals surface area contributed by atoms with Gasteiger partial charge in [-0.15, -0.1) is 0 Å². The first-order valence-electron chi connectivity index (χ1n) is 6.35. The predicted octanol–water partition coefficient (Wildman–Crippen LogP) is 3.31. The van der Waals surface area contributed by atoms with Gasteiger partial charge in [0.2, 0.25) is 0 Å². The molecule has 0 aromatic rings. The SMILES string of the molecule is CC(C)(C)C(OC1CC2C=CC1C2)=C(C#N)C#N. The number of hydrogen-bond acceptors (Lipinski definition) is 3. The Morgan fingerprint density at radius 2 is 1.83 bits per heavy atom. The average Bonchev–Trinajstić information content (AvgIpc) is 2.89. The largest absolute Gasteiger partial charge is 0.491 e. The summed E-state index contributed by atoms with van der Waals surface area (Å²) in [7, 11) is 0. The lowest BCUT2D eigenvalue weighted by Crippen LogP contribution is -2.24. The number of hydrogen-bond donors (Lipinski definition) is 0. The molecule has 2 aliphatic rings. The third-order valence-corrected chi connectivity index (χ3v) is 3.62. The summed E-state index contributed by atoms with van der Waals surface area (Å²) in [5.74, 6) is 1.61. The predicted molar refractivity (Wildman–Crippen MR) is 67.9 cm³/mol. The Balaban J connectivity index is 2.23. The highest BCUT2D eigenvalue weighted by Gasteiger charge is 2.39. The molecule has 0 saturated heterocycles. The van der Waals surface area contributed by atoms with Crippen molar-refractivity contribution in [3.05, 3.63) is 23.5 Å². The molecule has 3 atom stereocenters. The lowest BCUT2D eigenvalue weighted by atomic mass is 9.90. The molecular formula is C15H18N2O. The maximum absolute atomic E-state index is 9.04. The normalized spacial score (nSPS) is 28.6. The lowest BCUT2D eigenvalue weighted by molar-refractivity contribution is 0.0582. The summed E-state index contributed by atoms with van der Waals surface area (Å²) in [6, 6.07) is 3.90. The van der Waals surface area contributed by atoms with E-state index in [0.29, 0.717) is 17.6 Å². The van der Waals surface area contributed by atoms with E-state index in [2.05, 4.69) is 12.2 Å². The van der Waals surface area contributed by atoms with E-state index in [1.165, 1.54) is 0 Å². The Labute approximate surface area is 108 Å². The van der Waals surface area contributed by atoms with E-state index in [9.17, 15) is 0 Å². The van der Waals surface area contributed by atoms with E-state index in [-0.39, 0.29) is 17.1 Å². The molecule has 0 aromatic heterocycles. The summed E-state index contributed by atoms with van der Waals surface area (Å²) < 4.78 is 6.04. The Morgan fingerprint density at radius 1 is 1.17 bits per heavy atom. The zero-order valence-corrected chi connectivity index (χ0v) is 11.1. The molecule has 3 nitrogen and oxygen atoms in total. The standard InChI is InChI=1S/C15H18N2O/c1-15(2,3)14(12(8-16)9-17)18-13-7-10-4-5-11(13)6-10/h4-5,10-11,13H,6-7H2,1-3H3. The van der Waals surface area contributed by atoms with Gasteiger partial charge in [0.15, 0.2) is 5.57 Å². The zero-order chi connectivity index (χ0) is 13.3. The number of rotatable bonds is 2. The van der Waals surface area contributed by atoms with Gasteiger partial charge < -0.3 is 4.74 Å². The molecule has 0 heterocycles. The van der Waals surface area contributed by atoms with Crippen LogP contribution in [-0.4, -0.2) is 6.10 Å². The topological polar surface area (TPSA) is 56.8 Å². The summed E-state index contributed by atoms with van der Waals surface area (Å²) in [6.07, 6.45) is 6.74. The Bertz CT molecular complexity index is 466. The van der Waals surface area contributed by atoms with Crippen LogP contribution in [-0.2, 0) is 4.74 Å². The molecule has 18 heavy (non-hydrogen) atoms. The van der Waals surface area contributed by atoms with Crippen LogP contribution in [0.1, 0.15) is 33.6 Å². The average molecular weight is 242 g/mol. The monoisotopic (exact) mass is 242 g/mol. The van der Waals surface area contributed by atoms with Gasteiger partial charge in [-0.25, -0.2) is 0 Å². The van der Waals surface area contributed by atoms with Gasteiger partial charge in [0.05, 0.1) is 0 Å². The number of nitrogens with zero attached hydrogens (tertiary/aromatic N) is 2. The van der Waals surface area contributed by atoms with Crippen LogP contribution in [0.25, 0.3) is 0 Å². The molecule has 0 radical (unpaired) electrons. The van der Waals surface area contributed by atoms with Crippen molar-refractivity contribution < 1.29 is 4.74 Å². The van der Waals surface area contributed by atoms with Crippen molar-refractivity contribution in [2.24, 2.45) is 17.3 Å². The van der Waals surface area contributed by atoms with Crippen molar-refractivity contribution in [1.29, 1.82) is 10.5 Å². The molecule has 0 aliphatic heterocycles. The summed E-state index contributed by atoms with van der Waals surface area (Å²) in [5, 5.41) is 18.1. The van der Waals surface area contributed by atoms with Crippen molar-refractivity contribution in [3.8, 4) is 12.1 Å². The Morgan fingerprint density at radius 3 is 2.22 bits per heavy atom. The van der Waals surface area contributed by atoms with Gasteiger partial charge in [-0.2, -0.15) is 10.5 Å². The van der Waals surface area contributed by atoms with Crippen molar-refractivity contribution in [3.63, 3.8) is 0 Å². The highest BCUT2D eigenvalue weighted by Crippen LogP contribution is 2.43. The molecule has 2 rings (SSSR count). The van der Waals surface area contributed by atoms with Gasteiger partial charge in [-0.3, -0.25) is 0 Å². The molecule has 3 unspecified atom stereocenters. The van der Waals surface area contributed by atoms with Crippen molar-refractivity contribution in [1.82, 2.24) is 0 Å². The molecular weight excluding hydrogens is 224 g/mol. The fourth-order valence-electron chi connectivity index (χ4n) is 2.75. The lowest BCUT2D eigenvalue weighted by Gasteiger charge is -2.29. The quantitative estimate of drug-likeness (QED) is 0.424. The maximum Gasteiger partial charge on any atom is 0.167 e. The van der Waals surface area contributed by atoms with Crippen LogP contribution in [0.3, 0.4) is 0 Å². The van der Waals surface area contributed by atoms with E-state index in [1.807, 2.05) is 32.9 Å². The fraction of sp³-hybridized carbons (Fsp3) is 0.600. The molecule has 2 bridgehead atoms. The van der Waals surface area contributed by atoms with Crippen molar-refractivity contribution in [2.75, 3.05) is 0 Å². The zero-order valence-electron chi connectivity index (χ0n) is 11.1. The van der Waals surface area contributed by atoms with Gasteiger partial charge in [-0.05, 0) is 18.8 Å². The second kappa shape index (κ2) is 4.50. The van der Waals surface area contributed by atoms with Crippen LogP contribution in [0, 0.1) is 39.9 Å². The van der Waals surface area contributed by atoms with Crippen LogP contribution in [0.4, 0.5) is 0 Å². The van der Waals surface area contributed by atoms with E-state index in [1.54, 1.807) is 0 Å². The first-order valence-corrected chi connectivity index (χ1v) is 6.35. The van der Waals surface area contributed by atoms with Crippen LogP contribution in [0.2, 0.25) is 0 Å². The summed E-state index contributed by atoms with van der Waals surface area (Å²) in [4.78, 5) is 0. The summed E-state index contributed by atoms with van der Waals surface area (Å²) in [6.45, 7) is 5.92. The smallest absolute Gasteiger partial charge is 0.167 e. The van der Waals surface area contributed by atoms with Gasteiger partial charge in [0.1, 0.15) is 24.0 Å². The van der Waals surface area contributed by atoms with Gasteiger partial charge in [0, 0.05) is 11.3 Å². The van der Waals surface area contributed by atoms with Gasteiger partial charge >= 0.3 is 0 Å². The summed E-state index contributed by atoms with van der Waals surface area (Å²) >= 11 is 0. The maximum atomic E-state index is 9.04. The highest BCUT2D eigenvalue weighted by molar-refractivity contribution is 5.40. The van der Waals surface area contributed by atoms with E-state index in [4.69, 9.17) is 15.3 Å². The Kier molecular flexibility index (Phi) is 3.18. The third kappa shape index (κ3) is 2.27. The minimum atomic E-state index is -0.313. The minimum Gasteiger partial charge on any atom is -0.491 e. The van der Waals surface area contributed by atoms with Gasteiger partial charge in [0.25, 0.3) is 0 Å². The molecule has 2 aliphatic carbocycles. The third-order valence-electron chi connectivity index (χ3n) is 3.62. The first-order chi connectivity index (χ1) is 8.45. The molecule has 94 valence electrons. The molecule has 1 fully saturated rings. The van der Waals surface area contributed by atoms with E-state index < -0.39 is 0 Å². The molecule has 0 aromatic carbocycles. The van der Waals surface area contributed by atoms with Crippen LogP contribution < -0.4 is 0 Å². The van der Waals surface area contributed by atoms with Crippen LogP contribution >= 0.6 is 0 Å². The van der Waals surface area contributed by atoms with E-state index >= 15 is 0 Å². The number of ether oxygens (including phenoxy) is 1. The number of fused-ring (bicyclic) bond motifs is 2. The van der Waals surface area contributed by atoms with E-state index in [0.717, 1.165) is 12.8 Å². The fourth-order valence-corrected chi connectivity index (χ4v) is 2.75. The molecule has 1 saturated carbocycles. The van der Waals surface area contributed by atoms with Gasteiger partial charge in [-0.1, -0.05) is 32.9 Å². The van der Waals surface area contributed by atoms with Crippen LogP contribution in [0.5, 0.6) is 0 Å². The van der Waals surface area contributed by atoms with Crippen molar-refractivity contribution >= 4 is 0 Å². The second-order valence-corrected chi connectivity index (χ2v) is 6.11. The Hall–Kier alpha value is -1.74. The minimum absolute atomic E-state index is 0.106. The molecule has 0 spiro atoms. The first kappa shape index (κ1) is 12.7. The molecule has 3 heteroatoms. The highest BCUT2D eigenvalue weighted by atomic mass is 16.5.